The zero-order valence-corrected chi connectivity index (χ0v) is 15.7. The van der Waals surface area contributed by atoms with Gasteiger partial charge in [0.1, 0.15) is 5.82 Å². The third kappa shape index (κ3) is 4.12. The van der Waals surface area contributed by atoms with Gasteiger partial charge in [0.25, 0.3) is 5.91 Å². The number of benzene rings is 1. The number of likely N-dealkylation sites (tertiary alicyclic amines) is 1. The van der Waals surface area contributed by atoms with E-state index in [9.17, 15) is 4.79 Å². The fourth-order valence-electron chi connectivity index (χ4n) is 3.84. The van der Waals surface area contributed by atoms with E-state index in [1.165, 1.54) is 17.9 Å². The lowest BCUT2D eigenvalue weighted by Crippen LogP contribution is -2.40. The highest BCUT2D eigenvalue weighted by molar-refractivity contribution is 5.94. The van der Waals surface area contributed by atoms with E-state index in [1.54, 1.807) is 0 Å². The van der Waals surface area contributed by atoms with Gasteiger partial charge in [-0.1, -0.05) is 24.6 Å². The molecule has 1 aromatic carbocycles. The summed E-state index contributed by atoms with van der Waals surface area (Å²) in [6, 6.07) is 7.92. The van der Waals surface area contributed by atoms with Gasteiger partial charge in [0.15, 0.2) is 0 Å². The molecule has 1 amide bonds. The molecule has 0 spiro atoms. The molecule has 1 unspecified atom stereocenters. The van der Waals surface area contributed by atoms with Gasteiger partial charge in [0.05, 0.1) is 0 Å². The summed E-state index contributed by atoms with van der Waals surface area (Å²) in [5, 5.41) is 0. The molecule has 0 bridgehead atoms. The highest BCUT2D eigenvalue weighted by atomic mass is 16.2. The van der Waals surface area contributed by atoms with Gasteiger partial charge in [-0.05, 0) is 51.2 Å². The van der Waals surface area contributed by atoms with Crippen LogP contribution in [-0.2, 0) is 13.0 Å². The SMILES string of the molecule is CCCn1c(C)cnc1CC1CCCN(C(=O)c2cccc(C)c2)C1. The van der Waals surface area contributed by atoms with Crippen LogP contribution in [0.15, 0.2) is 30.5 Å². The molecule has 4 nitrogen and oxygen atoms in total. The Bertz CT molecular complexity index is 734. The number of aryl methyl sites for hydroxylation is 2. The van der Waals surface area contributed by atoms with Gasteiger partial charge in [-0.3, -0.25) is 4.79 Å². The summed E-state index contributed by atoms with van der Waals surface area (Å²) in [6.07, 6.45) is 6.31. The number of nitrogens with zero attached hydrogens (tertiary/aromatic N) is 3. The van der Waals surface area contributed by atoms with E-state index < -0.39 is 0 Å². The van der Waals surface area contributed by atoms with Crippen molar-refractivity contribution < 1.29 is 4.79 Å². The van der Waals surface area contributed by atoms with Gasteiger partial charge >= 0.3 is 0 Å². The van der Waals surface area contributed by atoms with Gasteiger partial charge in [-0.15, -0.1) is 0 Å². The second-order valence-corrected chi connectivity index (χ2v) is 7.30. The van der Waals surface area contributed by atoms with E-state index in [0.29, 0.717) is 5.92 Å². The summed E-state index contributed by atoms with van der Waals surface area (Å²) in [4.78, 5) is 19.5. The van der Waals surface area contributed by atoms with Gasteiger partial charge in [0, 0.05) is 43.5 Å². The molecule has 1 fully saturated rings. The van der Waals surface area contributed by atoms with E-state index >= 15 is 0 Å². The quantitative estimate of drug-likeness (QED) is 0.825. The average molecular weight is 339 g/mol. The van der Waals surface area contributed by atoms with Crippen LogP contribution in [-0.4, -0.2) is 33.4 Å². The Hall–Kier alpha value is -2.10. The van der Waals surface area contributed by atoms with E-state index in [0.717, 1.165) is 50.0 Å². The number of rotatable bonds is 5. The smallest absolute Gasteiger partial charge is 0.253 e. The van der Waals surface area contributed by atoms with Crippen LogP contribution in [0.4, 0.5) is 0 Å². The summed E-state index contributed by atoms with van der Waals surface area (Å²) in [6.45, 7) is 9.09. The van der Waals surface area contributed by atoms with Crippen molar-refractivity contribution in [3.63, 3.8) is 0 Å². The summed E-state index contributed by atoms with van der Waals surface area (Å²) in [5.41, 5.74) is 3.18. The molecule has 1 aromatic heterocycles. The summed E-state index contributed by atoms with van der Waals surface area (Å²) in [7, 11) is 0. The number of piperidine rings is 1. The Morgan fingerprint density at radius 2 is 2.16 bits per heavy atom. The first-order valence-electron chi connectivity index (χ1n) is 9.45. The normalized spacial score (nSPS) is 17.7. The summed E-state index contributed by atoms with van der Waals surface area (Å²) in [5.74, 6) is 1.84. The molecule has 1 saturated heterocycles. The zero-order chi connectivity index (χ0) is 17.8. The van der Waals surface area contributed by atoms with E-state index in [1.807, 2.05) is 42.3 Å². The third-order valence-corrected chi connectivity index (χ3v) is 5.13. The Morgan fingerprint density at radius 3 is 2.92 bits per heavy atom. The number of amides is 1. The lowest BCUT2D eigenvalue weighted by Gasteiger charge is -2.33. The minimum Gasteiger partial charge on any atom is -0.338 e. The Kier molecular flexibility index (Phi) is 5.57. The zero-order valence-electron chi connectivity index (χ0n) is 15.7. The van der Waals surface area contributed by atoms with Crippen LogP contribution >= 0.6 is 0 Å². The van der Waals surface area contributed by atoms with Crippen LogP contribution in [0.25, 0.3) is 0 Å². The molecule has 1 aliphatic rings. The molecule has 1 atom stereocenters. The van der Waals surface area contributed by atoms with Gasteiger partial charge in [-0.25, -0.2) is 4.98 Å². The predicted octanol–water partition coefficient (Wildman–Crippen LogP) is 4.00. The first kappa shape index (κ1) is 17.7. The first-order chi connectivity index (χ1) is 12.1. The number of carbonyl (C=O) groups excluding carboxylic acids is 1. The molecular formula is C21H29N3O. The molecule has 2 heterocycles. The monoisotopic (exact) mass is 339 g/mol. The van der Waals surface area contributed by atoms with Crippen molar-refractivity contribution in [3.8, 4) is 0 Å². The highest BCUT2D eigenvalue weighted by Gasteiger charge is 2.26. The Balaban J connectivity index is 1.68. The second kappa shape index (κ2) is 7.85. The molecule has 4 heteroatoms. The maximum Gasteiger partial charge on any atom is 0.253 e. The number of hydrogen-bond donors (Lipinski definition) is 0. The molecule has 134 valence electrons. The van der Waals surface area contributed by atoms with E-state index in [-0.39, 0.29) is 5.91 Å². The Labute approximate surface area is 150 Å². The van der Waals surface area contributed by atoms with E-state index in [4.69, 9.17) is 0 Å². The van der Waals surface area contributed by atoms with Crippen LogP contribution in [0.1, 0.15) is 53.6 Å². The van der Waals surface area contributed by atoms with Crippen LogP contribution in [0.5, 0.6) is 0 Å². The number of imidazole rings is 1. The average Bonchev–Trinajstić information content (AvgIpc) is 2.95. The fraction of sp³-hybridized carbons (Fsp3) is 0.524. The lowest BCUT2D eigenvalue weighted by atomic mass is 9.93. The van der Waals surface area contributed by atoms with Crippen molar-refractivity contribution in [1.29, 1.82) is 0 Å². The van der Waals surface area contributed by atoms with Crippen molar-refractivity contribution >= 4 is 5.91 Å². The molecule has 0 aliphatic carbocycles. The van der Waals surface area contributed by atoms with Gasteiger partial charge in [-0.2, -0.15) is 0 Å². The summed E-state index contributed by atoms with van der Waals surface area (Å²) < 4.78 is 2.33. The van der Waals surface area contributed by atoms with Crippen molar-refractivity contribution in [2.45, 2.75) is 53.0 Å². The van der Waals surface area contributed by atoms with Crippen molar-refractivity contribution in [2.24, 2.45) is 5.92 Å². The number of aromatic nitrogens is 2. The molecule has 25 heavy (non-hydrogen) atoms. The minimum atomic E-state index is 0.168. The van der Waals surface area contributed by atoms with Crippen LogP contribution in [0.3, 0.4) is 0 Å². The van der Waals surface area contributed by atoms with Gasteiger partial charge in [0.2, 0.25) is 0 Å². The van der Waals surface area contributed by atoms with Crippen LogP contribution in [0.2, 0.25) is 0 Å². The maximum atomic E-state index is 12.8. The molecule has 0 saturated carbocycles. The number of hydrogen-bond acceptors (Lipinski definition) is 2. The topological polar surface area (TPSA) is 38.1 Å². The predicted molar refractivity (Wildman–Crippen MR) is 101 cm³/mol. The van der Waals surface area contributed by atoms with Crippen LogP contribution in [0, 0.1) is 19.8 Å². The molecular weight excluding hydrogens is 310 g/mol. The third-order valence-electron chi connectivity index (χ3n) is 5.13. The van der Waals surface area contributed by atoms with Crippen molar-refractivity contribution in [3.05, 3.63) is 53.1 Å². The Morgan fingerprint density at radius 1 is 1.32 bits per heavy atom. The standard InChI is InChI=1S/C21H29N3O/c1-4-10-24-17(3)14-22-20(24)13-18-8-6-11-23(15-18)21(25)19-9-5-7-16(2)12-19/h5,7,9,12,14,18H,4,6,8,10-11,13,15H2,1-3H3. The molecule has 0 N–H and O–H groups in total. The maximum absolute atomic E-state index is 12.8. The van der Waals surface area contributed by atoms with Crippen molar-refractivity contribution in [1.82, 2.24) is 14.5 Å². The molecule has 2 aromatic rings. The highest BCUT2D eigenvalue weighted by Crippen LogP contribution is 2.23. The summed E-state index contributed by atoms with van der Waals surface area (Å²) >= 11 is 0. The van der Waals surface area contributed by atoms with Gasteiger partial charge < -0.3 is 9.47 Å². The lowest BCUT2D eigenvalue weighted by molar-refractivity contribution is 0.0671. The minimum absolute atomic E-state index is 0.168. The van der Waals surface area contributed by atoms with E-state index in [2.05, 4.69) is 23.4 Å². The molecule has 3 rings (SSSR count). The molecule has 0 radical (unpaired) electrons. The number of carbonyl (C=O) groups is 1. The van der Waals surface area contributed by atoms with Crippen LogP contribution < -0.4 is 0 Å². The second-order valence-electron chi connectivity index (χ2n) is 7.30. The largest absolute Gasteiger partial charge is 0.338 e. The van der Waals surface area contributed by atoms with Crippen molar-refractivity contribution in [2.75, 3.05) is 13.1 Å². The first-order valence-corrected chi connectivity index (χ1v) is 9.45. The molecule has 1 aliphatic heterocycles. The fourth-order valence-corrected chi connectivity index (χ4v) is 3.84.